The Morgan fingerprint density at radius 1 is 0.964 bits per heavy atom. The second kappa shape index (κ2) is 14.4. The number of aromatic nitrogens is 5. The fourth-order valence-corrected chi connectivity index (χ4v) is 6.89. The molecule has 13 nitrogen and oxygen atoms in total. The van der Waals surface area contributed by atoms with Gasteiger partial charge < -0.3 is 16.2 Å². The van der Waals surface area contributed by atoms with Crippen LogP contribution < -0.4 is 11.5 Å². The lowest BCUT2D eigenvalue weighted by atomic mass is 9.75. The van der Waals surface area contributed by atoms with Gasteiger partial charge in [-0.2, -0.15) is 45.6 Å². The molecule has 56 heavy (non-hydrogen) atoms. The van der Waals surface area contributed by atoms with Gasteiger partial charge in [0.1, 0.15) is 12.9 Å². The van der Waals surface area contributed by atoms with Crippen molar-refractivity contribution in [1.82, 2.24) is 29.4 Å². The molecule has 6 rings (SSSR count). The highest BCUT2D eigenvalue weighted by molar-refractivity contribution is 6.08. The van der Waals surface area contributed by atoms with Crippen LogP contribution in [0.25, 0.3) is 22.5 Å². The summed E-state index contributed by atoms with van der Waals surface area (Å²) in [5.74, 6) is -3.86. The third kappa shape index (κ3) is 7.55. The van der Waals surface area contributed by atoms with Crippen LogP contribution in [-0.2, 0) is 19.9 Å². The molecule has 0 bridgehead atoms. The normalized spacial score (nSPS) is 18.8. The molecular formula is C36H36F7N9O4. The van der Waals surface area contributed by atoms with Crippen molar-refractivity contribution >= 4 is 23.7 Å². The Morgan fingerprint density at radius 3 is 2.20 bits per heavy atom. The van der Waals surface area contributed by atoms with Crippen LogP contribution in [0.2, 0.25) is 0 Å². The molecule has 4 aromatic rings. The largest absolute Gasteiger partial charge is 0.463 e. The van der Waals surface area contributed by atoms with Crippen LogP contribution in [0.3, 0.4) is 0 Å². The number of ether oxygens (including phenoxy) is 1. The topological polar surface area (TPSA) is 177 Å². The minimum Gasteiger partial charge on any atom is -0.463 e. The number of benzene rings is 2. The van der Waals surface area contributed by atoms with Crippen LogP contribution in [0.15, 0.2) is 66.2 Å². The first-order valence-corrected chi connectivity index (χ1v) is 17.1. The van der Waals surface area contributed by atoms with Crippen LogP contribution in [0.5, 0.6) is 0 Å². The van der Waals surface area contributed by atoms with Gasteiger partial charge in [0.2, 0.25) is 5.91 Å². The van der Waals surface area contributed by atoms with Crippen molar-refractivity contribution < 1.29 is 49.9 Å². The lowest BCUT2D eigenvalue weighted by molar-refractivity contribution is -0.195. The van der Waals surface area contributed by atoms with Crippen molar-refractivity contribution in [2.24, 2.45) is 27.3 Å². The molecule has 2 atom stereocenters. The van der Waals surface area contributed by atoms with E-state index in [1.165, 1.54) is 24.4 Å². The number of carbonyl (C=O) groups is 3. The van der Waals surface area contributed by atoms with E-state index in [4.69, 9.17) is 16.2 Å². The Morgan fingerprint density at radius 2 is 1.64 bits per heavy atom. The number of esters is 1. The summed E-state index contributed by atoms with van der Waals surface area (Å²) in [5.41, 5.74) is 8.20. The zero-order valence-corrected chi connectivity index (χ0v) is 30.1. The molecule has 298 valence electrons. The summed E-state index contributed by atoms with van der Waals surface area (Å²) in [6.07, 6.45) is -2.94. The van der Waals surface area contributed by atoms with Crippen LogP contribution in [0, 0.1) is 10.8 Å². The molecule has 2 aromatic carbocycles. The molecule has 20 heteroatoms. The van der Waals surface area contributed by atoms with E-state index in [1.807, 2.05) is 20.8 Å². The van der Waals surface area contributed by atoms with E-state index in [0.29, 0.717) is 21.4 Å². The highest BCUT2D eigenvalue weighted by Crippen LogP contribution is 2.60. The highest BCUT2D eigenvalue weighted by Gasteiger charge is 2.64. The number of hydrogen-bond donors (Lipinski definition) is 2. The Balaban J connectivity index is 1.43. The molecule has 1 fully saturated rings. The van der Waals surface area contributed by atoms with Crippen molar-refractivity contribution in [2.75, 3.05) is 6.61 Å². The van der Waals surface area contributed by atoms with Gasteiger partial charge in [-0.3, -0.25) is 19.3 Å². The first-order chi connectivity index (χ1) is 26.2. The Labute approximate surface area is 314 Å². The van der Waals surface area contributed by atoms with Crippen LogP contribution in [0.1, 0.15) is 87.1 Å². The summed E-state index contributed by atoms with van der Waals surface area (Å²) in [6.45, 7) is -1.33. The molecule has 0 saturated heterocycles. The molecule has 0 radical (unpaired) electrons. The number of guanidine groups is 1. The van der Waals surface area contributed by atoms with Gasteiger partial charge >= 0.3 is 25.2 Å². The van der Waals surface area contributed by atoms with E-state index in [2.05, 4.69) is 20.2 Å². The molecule has 2 aromatic heterocycles. The maximum atomic E-state index is 15.0. The molecule has 1 aliphatic carbocycles. The van der Waals surface area contributed by atoms with Crippen molar-refractivity contribution in [1.29, 1.82) is 0 Å². The number of amides is 2. The maximum absolute atomic E-state index is 15.0. The number of hydrogen-bond acceptors (Lipinski definition) is 9. The lowest BCUT2D eigenvalue weighted by Crippen LogP contribution is -2.47. The summed E-state index contributed by atoms with van der Waals surface area (Å²) >= 11 is 0. The molecular weight excluding hydrogens is 755 g/mol. The smallest absolute Gasteiger partial charge is 0.395 e. The number of alkyl halides is 7. The van der Waals surface area contributed by atoms with Crippen molar-refractivity contribution in [3.8, 4) is 22.5 Å². The molecule has 2 aliphatic rings. The van der Waals surface area contributed by atoms with Crippen molar-refractivity contribution in [3.05, 3.63) is 77.9 Å². The van der Waals surface area contributed by atoms with Gasteiger partial charge in [-0.05, 0) is 53.5 Å². The second-order valence-electron chi connectivity index (χ2n) is 14.9. The summed E-state index contributed by atoms with van der Waals surface area (Å²) < 4.78 is 102. The van der Waals surface area contributed by atoms with E-state index < -0.39 is 78.3 Å². The molecule has 0 spiro atoms. The van der Waals surface area contributed by atoms with E-state index in [1.54, 1.807) is 24.3 Å². The predicted octanol–water partition coefficient (Wildman–Crippen LogP) is 6.50. The Kier molecular flexibility index (Phi) is 10.2. The minimum atomic E-state index is -4.67. The Hall–Kier alpha value is -5.82. The van der Waals surface area contributed by atoms with E-state index in [0.717, 1.165) is 17.4 Å². The van der Waals surface area contributed by atoms with Gasteiger partial charge in [-0.1, -0.05) is 51.1 Å². The van der Waals surface area contributed by atoms with Gasteiger partial charge in [-0.15, -0.1) is 0 Å². The first kappa shape index (κ1) is 39.9. The molecule has 3 heterocycles. The zero-order valence-electron chi connectivity index (χ0n) is 30.1. The summed E-state index contributed by atoms with van der Waals surface area (Å²) in [7, 11) is 0. The van der Waals surface area contributed by atoms with Crippen LogP contribution in [0.4, 0.5) is 30.7 Å². The fraction of sp³-hybridized carbons (Fsp3) is 0.417. The Bertz CT molecular complexity index is 2170. The second-order valence-corrected chi connectivity index (χ2v) is 14.9. The summed E-state index contributed by atoms with van der Waals surface area (Å²) in [5, 5.41) is 7.16. The van der Waals surface area contributed by atoms with Gasteiger partial charge in [0.05, 0.1) is 29.6 Å². The minimum absolute atomic E-state index is 0.0306. The van der Waals surface area contributed by atoms with Crippen LogP contribution >= 0.6 is 0 Å². The monoisotopic (exact) mass is 791 g/mol. The quantitative estimate of drug-likeness (QED) is 0.114. The number of carbonyl (C=O) groups excluding carboxylic acids is 3. The average Bonchev–Trinajstić information content (AvgIpc) is 3.42. The lowest BCUT2D eigenvalue weighted by Gasteiger charge is -2.35. The van der Waals surface area contributed by atoms with Crippen molar-refractivity contribution in [3.63, 3.8) is 0 Å². The first-order valence-electron chi connectivity index (χ1n) is 17.1. The number of halogens is 7. The molecule has 0 unspecified atom stereocenters. The SMILES string of the molecule is CC(C)(C)C[C@]1(c2ccc(-c3cnn(C(F)F)c3)cc2)N=C(N)N([C@H](COC(=O)CC2(C(F)(F)F)CC2)c2ccc(C(N)=O)c(-c3ncnn3C(F)F)c2)C1=O. The van der Waals surface area contributed by atoms with Gasteiger partial charge in [-0.25, -0.2) is 14.7 Å². The van der Waals surface area contributed by atoms with Gasteiger partial charge in [0.25, 0.3) is 5.91 Å². The number of nitrogens with zero attached hydrogens (tertiary/aromatic N) is 7. The fourth-order valence-electron chi connectivity index (χ4n) is 6.89. The number of rotatable bonds is 13. The van der Waals surface area contributed by atoms with E-state index in [9.17, 15) is 45.1 Å². The third-order valence-electron chi connectivity index (χ3n) is 9.75. The van der Waals surface area contributed by atoms with Crippen molar-refractivity contribution in [2.45, 2.75) is 77.3 Å². The average molecular weight is 792 g/mol. The number of nitrogens with two attached hydrogens (primary N) is 2. The standard InChI is InChI=1S/C36H36F7N9O4/c1-33(2,3)17-35(22-7-4-19(5-8-22)21-14-47-50(15-21)30(37)38)29(55)51(32(45)49-35)25(16-56-26(53)13-34(10-11-34)36(41,42)43)20-6-9-23(27(44)54)24(12-20)28-46-18-48-52(28)31(39)40/h4-9,12,14-15,18,25,30-31H,10-11,13,16-17H2,1-3H3,(H2,44,54)(H2,45,49)/t25-,35-/m1/s1. The molecule has 2 amide bonds. The summed E-state index contributed by atoms with van der Waals surface area (Å²) in [4.78, 5) is 50.0. The number of aliphatic imine (C=N–C) groups is 1. The third-order valence-corrected chi connectivity index (χ3v) is 9.75. The highest BCUT2D eigenvalue weighted by atomic mass is 19.4. The van der Waals surface area contributed by atoms with Gasteiger partial charge in [0, 0.05) is 17.3 Å². The predicted molar refractivity (Wildman–Crippen MR) is 184 cm³/mol. The van der Waals surface area contributed by atoms with E-state index in [-0.39, 0.29) is 46.6 Å². The maximum Gasteiger partial charge on any atom is 0.395 e. The number of primary amides is 1. The molecule has 1 aliphatic heterocycles. The van der Waals surface area contributed by atoms with Crippen LogP contribution in [-0.4, -0.2) is 66.0 Å². The zero-order chi connectivity index (χ0) is 41.0. The van der Waals surface area contributed by atoms with Gasteiger partial charge in [0.15, 0.2) is 17.3 Å². The van der Waals surface area contributed by atoms with E-state index >= 15 is 0 Å². The summed E-state index contributed by atoms with van der Waals surface area (Å²) in [6, 6.07) is 8.50. The molecule has 4 N–H and O–H groups in total. The molecule has 1 saturated carbocycles.